The van der Waals surface area contributed by atoms with Crippen molar-refractivity contribution >= 4 is 16.9 Å². The van der Waals surface area contributed by atoms with E-state index in [0.29, 0.717) is 22.3 Å². The molecule has 0 fully saturated rings. The summed E-state index contributed by atoms with van der Waals surface area (Å²) in [4.78, 5) is 24.1. The van der Waals surface area contributed by atoms with Crippen LogP contribution in [0.1, 0.15) is 12.5 Å². The number of aryl methyl sites for hydroxylation is 1. The average molecular weight is 353 g/mol. The SMILES string of the molecule is CCc1ccc2oc(-c3ccc(OC)cc3)c(OCC(N)=O)c(=O)c2c1. The van der Waals surface area contributed by atoms with Gasteiger partial charge in [0.1, 0.15) is 11.3 Å². The number of benzene rings is 2. The van der Waals surface area contributed by atoms with E-state index in [-0.39, 0.29) is 16.9 Å². The molecule has 26 heavy (non-hydrogen) atoms. The quantitative estimate of drug-likeness (QED) is 0.736. The lowest BCUT2D eigenvalue weighted by Gasteiger charge is -2.11. The molecule has 1 heterocycles. The summed E-state index contributed by atoms with van der Waals surface area (Å²) >= 11 is 0. The molecule has 2 N–H and O–H groups in total. The molecule has 0 radical (unpaired) electrons. The monoisotopic (exact) mass is 353 g/mol. The minimum absolute atomic E-state index is 0.0327. The van der Waals surface area contributed by atoms with Crippen molar-refractivity contribution in [2.75, 3.05) is 13.7 Å². The molecular weight excluding hydrogens is 334 g/mol. The van der Waals surface area contributed by atoms with Crippen molar-refractivity contribution in [3.05, 3.63) is 58.3 Å². The fourth-order valence-electron chi connectivity index (χ4n) is 2.65. The Balaban J connectivity index is 2.22. The maximum Gasteiger partial charge on any atom is 0.255 e. The smallest absolute Gasteiger partial charge is 0.255 e. The van der Waals surface area contributed by atoms with Crippen LogP contribution in [0.25, 0.3) is 22.3 Å². The van der Waals surface area contributed by atoms with Gasteiger partial charge in [0.2, 0.25) is 11.2 Å². The molecule has 0 atom stereocenters. The first kappa shape index (κ1) is 17.5. The molecule has 6 heteroatoms. The number of rotatable bonds is 6. The molecule has 0 unspecified atom stereocenters. The minimum Gasteiger partial charge on any atom is -0.497 e. The molecule has 3 rings (SSSR count). The number of methoxy groups -OCH3 is 1. The van der Waals surface area contributed by atoms with E-state index in [1.165, 1.54) is 0 Å². The third-order valence-electron chi connectivity index (χ3n) is 4.03. The second-order valence-electron chi connectivity index (χ2n) is 5.76. The molecule has 2 aromatic carbocycles. The van der Waals surface area contributed by atoms with Crippen LogP contribution in [-0.2, 0) is 11.2 Å². The Morgan fingerprint density at radius 2 is 1.88 bits per heavy atom. The average Bonchev–Trinajstić information content (AvgIpc) is 2.66. The highest BCUT2D eigenvalue weighted by Gasteiger charge is 2.18. The van der Waals surface area contributed by atoms with E-state index in [2.05, 4.69) is 0 Å². The van der Waals surface area contributed by atoms with Gasteiger partial charge in [0.05, 0.1) is 12.5 Å². The van der Waals surface area contributed by atoms with Crippen LogP contribution in [-0.4, -0.2) is 19.6 Å². The highest BCUT2D eigenvalue weighted by molar-refractivity contribution is 5.83. The van der Waals surface area contributed by atoms with Gasteiger partial charge in [-0.25, -0.2) is 0 Å². The van der Waals surface area contributed by atoms with Gasteiger partial charge in [0, 0.05) is 5.56 Å². The molecule has 3 aromatic rings. The number of amides is 1. The third kappa shape index (κ3) is 3.39. The van der Waals surface area contributed by atoms with E-state index >= 15 is 0 Å². The standard InChI is InChI=1S/C20H19NO5/c1-3-12-4-9-16-15(10-12)18(23)20(25-11-17(21)22)19(26-16)13-5-7-14(24-2)8-6-13/h4-10H,3,11H2,1-2H3,(H2,21,22). The van der Waals surface area contributed by atoms with Crippen LogP contribution in [0, 0.1) is 0 Å². The third-order valence-corrected chi connectivity index (χ3v) is 4.03. The Morgan fingerprint density at radius 1 is 1.15 bits per heavy atom. The van der Waals surface area contributed by atoms with Gasteiger partial charge in [-0.1, -0.05) is 13.0 Å². The first-order valence-electron chi connectivity index (χ1n) is 8.18. The van der Waals surface area contributed by atoms with E-state index in [4.69, 9.17) is 19.6 Å². The van der Waals surface area contributed by atoms with Crippen molar-refractivity contribution in [2.24, 2.45) is 5.73 Å². The van der Waals surface area contributed by atoms with E-state index in [1.54, 1.807) is 43.5 Å². The number of hydrogen-bond donors (Lipinski definition) is 1. The molecule has 1 amide bonds. The van der Waals surface area contributed by atoms with Crippen molar-refractivity contribution in [3.8, 4) is 22.8 Å². The van der Waals surface area contributed by atoms with Crippen LogP contribution in [0.4, 0.5) is 0 Å². The number of fused-ring (bicyclic) bond motifs is 1. The fraction of sp³-hybridized carbons (Fsp3) is 0.200. The number of carbonyl (C=O) groups is 1. The van der Waals surface area contributed by atoms with E-state index in [9.17, 15) is 9.59 Å². The molecule has 0 spiro atoms. The van der Waals surface area contributed by atoms with Gasteiger partial charge < -0.3 is 19.6 Å². The maximum atomic E-state index is 13.0. The van der Waals surface area contributed by atoms with Crippen LogP contribution < -0.4 is 20.6 Å². The highest BCUT2D eigenvalue weighted by Crippen LogP contribution is 2.32. The molecule has 134 valence electrons. The van der Waals surface area contributed by atoms with Crippen molar-refractivity contribution < 1.29 is 18.7 Å². The van der Waals surface area contributed by atoms with Gasteiger partial charge in [-0.15, -0.1) is 0 Å². The zero-order valence-corrected chi connectivity index (χ0v) is 14.6. The van der Waals surface area contributed by atoms with E-state index in [0.717, 1.165) is 12.0 Å². The van der Waals surface area contributed by atoms with Gasteiger partial charge in [0.15, 0.2) is 12.4 Å². The largest absolute Gasteiger partial charge is 0.497 e. The number of ether oxygens (including phenoxy) is 2. The predicted octanol–water partition coefficient (Wildman–Crippen LogP) is 2.90. The van der Waals surface area contributed by atoms with Gasteiger partial charge in [-0.05, 0) is 48.4 Å². The van der Waals surface area contributed by atoms with Gasteiger partial charge in [-0.3, -0.25) is 9.59 Å². The second kappa shape index (κ2) is 7.31. The predicted molar refractivity (Wildman–Crippen MR) is 98.5 cm³/mol. The van der Waals surface area contributed by atoms with E-state index < -0.39 is 12.5 Å². The minimum atomic E-state index is -0.674. The molecule has 1 aromatic heterocycles. The van der Waals surface area contributed by atoms with Crippen LogP contribution >= 0.6 is 0 Å². The highest BCUT2D eigenvalue weighted by atomic mass is 16.5. The molecule has 0 aliphatic rings. The van der Waals surface area contributed by atoms with Gasteiger partial charge in [0.25, 0.3) is 5.91 Å². The maximum absolute atomic E-state index is 13.0. The summed E-state index contributed by atoms with van der Waals surface area (Å²) in [6.07, 6.45) is 0.785. The Morgan fingerprint density at radius 3 is 2.50 bits per heavy atom. The van der Waals surface area contributed by atoms with Crippen molar-refractivity contribution in [2.45, 2.75) is 13.3 Å². The van der Waals surface area contributed by atoms with Gasteiger partial charge >= 0.3 is 0 Å². The van der Waals surface area contributed by atoms with Crippen LogP contribution in [0.2, 0.25) is 0 Å². The first-order chi connectivity index (χ1) is 12.5. The summed E-state index contributed by atoms with van der Waals surface area (Å²) in [5, 5.41) is 0.404. The summed E-state index contributed by atoms with van der Waals surface area (Å²) in [7, 11) is 1.57. The van der Waals surface area contributed by atoms with Crippen molar-refractivity contribution in [1.29, 1.82) is 0 Å². The molecule has 6 nitrogen and oxygen atoms in total. The number of primary amides is 1. The Kier molecular flexibility index (Phi) is 4.93. The number of carbonyl (C=O) groups excluding carboxylic acids is 1. The summed E-state index contributed by atoms with van der Waals surface area (Å²) in [5.74, 6) is 0.210. The molecule has 0 saturated carbocycles. The Bertz CT molecular complexity index is 1010. The topological polar surface area (TPSA) is 91.8 Å². The summed E-state index contributed by atoms with van der Waals surface area (Å²) in [6, 6.07) is 12.4. The van der Waals surface area contributed by atoms with Crippen LogP contribution in [0.3, 0.4) is 0 Å². The van der Waals surface area contributed by atoms with Crippen LogP contribution in [0.5, 0.6) is 11.5 Å². The summed E-state index contributed by atoms with van der Waals surface area (Å²) in [5.41, 5.74) is 6.90. The lowest BCUT2D eigenvalue weighted by molar-refractivity contribution is -0.119. The van der Waals surface area contributed by atoms with E-state index in [1.807, 2.05) is 13.0 Å². The van der Waals surface area contributed by atoms with Crippen molar-refractivity contribution in [1.82, 2.24) is 0 Å². The van der Waals surface area contributed by atoms with Gasteiger partial charge in [-0.2, -0.15) is 0 Å². The molecular formula is C20H19NO5. The number of nitrogens with two attached hydrogens (primary N) is 1. The Labute approximate surface area is 150 Å². The first-order valence-corrected chi connectivity index (χ1v) is 8.18. The zero-order valence-electron chi connectivity index (χ0n) is 14.6. The van der Waals surface area contributed by atoms with Crippen LogP contribution in [0.15, 0.2) is 51.7 Å². The lowest BCUT2D eigenvalue weighted by atomic mass is 10.1. The van der Waals surface area contributed by atoms with Crippen molar-refractivity contribution in [3.63, 3.8) is 0 Å². The fourth-order valence-corrected chi connectivity index (χ4v) is 2.65. The summed E-state index contributed by atoms with van der Waals surface area (Å²) < 4.78 is 16.5. The second-order valence-corrected chi connectivity index (χ2v) is 5.76. The Hall–Kier alpha value is -3.28. The molecule has 0 aliphatic carbocycles. The molecule has 0 bridgehead atoms. The normalized spacial score (nSPS) is 10.7. The summed E-state index contributed by atoms with van der Waals surface area (Å²) in [6.45, 7) is 1.59. The zero-order chi connectivity index (χ0) is 18.7. The number of hydrogen-bond acceptors (Lipinski definition) is 5. The lowest BCUT2D eigenvalue weighted by Crippen LogP contribution is -2.22. The molecule has 0 saturated heterocycles. The molecule has 0 aliphatic heterocycles.